The molecule has 140 valence electrons. The van der Waals surface area contributed by atoms with Crippen molar-refractivity contribution in [2.45, 2.75) is 23.3 Å². The second-order valence-corrected chi connectivity index (χ2v) is 8.81. The van der Waals surface area contributed by atoms with Crippen LogP contribution in [0.1, 0.15) is 12.8 Å². The lowest BCUT2D eigenvalue weighted by molar-refractivity contribution is -0.131. The molecule has 0 unspecified atom stereocenters. The van der Waals surface area contributed by atoms with E-state index in [1.54, 1.807) is 23.1 Å². The van der Waals surface area contributed by atoms with E-state index in [1.807, 2.05) is 0 Å². The summed E-state index contributed by atoms with van der Waals surface area (Å²) in [7, 11) is -3.49. The van der Waals surface area contributed by atoms with Gasteiger partial charge in [0.1, 0.15) is 5.54 Å². The highest BCUT2D eigenvalue weighted by Crippen LogP contribution is 2.27. The molecule has 0 spiro atoms. The van der Waals surface area contributed by atoms with Crippen LogP contribution in [0.2, 0.25) is 5.02 Å². The molecule has 1 amide bonds. The van der Waals surface area contributed by atoms with Gasteiger partial charge in [-0.2, -0.15) is 5.10 Å². The van der Waals surface area contributed by atoms with Crippen molar-refractivity contribution in [1.82, 2.24) is 20.4 Å². The van der Waals surface area contributed by atoms with Crippen LogP contribution in [0.5, 0.6) is 0 Å². The molecule has 2 N–H and O–H groups in total. The molecule has 1 aliphatic rings. The van der Waals surface area contributed by atoms with Crippen molar-refractivity contribution in [3.05, 3.63) is 47.7 Å². The third-order valence-corrected chi connectivity index (χ3v) is 6.61. The van der Waals surface area contributed by atoms with E-state index < -0.39 is 15.4 Å². The standard InChI is InChI=1S/C17H21ClN4O3S/c18-14-2-4-15(5-3-14)26(24,25)13-11-20-16(23)17(6-9-19-10-7-17)22-12-1-8-21-22/h1-5,8,12,19H,6-7,9-11,13H2,(H,20,23). The average Bonchev–Trinajstić information content (AvgIpc) is 3.17. The van der Waals surface area contributed by atoms with Crippen LogP contribution in [-0.4, -0.2) is 49.5 Å². The summed E-state index contributed by atoms with van der Waals surface area (Å²) in [6.45, 7) is 1.45. The Morgan fingerprint density at radius 2 is 1.96 bits per heavy atom. The summed E-state index contributed by atoms with van der Waals surface area (Å²) in [6, 6.07) is 7.79. The molecular weight excluding hydrogens is 376 g/mol. The molecule has 1 aromatic carbocycles. The molecule has 0 bridgehead atoms. The number of carbonyl (C=O) groups is 1. The third-order valence-electron chi connectivity index (χ3n) is 4.63. The summed E-state index contributed by atoms with van der Waals surface area (Å²) >= 11 is 5.79. The molecule has 0 aliphatic carbocycles. The predicted octanol–water partition coefficient (Wildman–Crippen LogP) is 1.21. The highest BCUT2D eigenvalue weighted by molar-refractivity contribution is 7.91. The number of sulfone groups is 1. The van der Waals surface area contributed by atoms with Gasteiger partial charge in [0.2, 0.25) is 5.91 Å². The van der Waals surface area contributed by atoms with Crippen LogP contribution in [-0.2, 0) is 20.2 Å². The zero-order chi connectivity index (χ0) is 18.6. The van der Waals surface area contributed by atoms with Crippen molar-refractivity contribution in [2.24, 2.45) is 0 Å². The number of nitrogens with zero attached hydrogens (tertiary/aromatic N) is 2. The van der Waals surface area contributed by atoms with Gasteiger partial charge in [0.15, 0.2) is 9.84 Å². The number of amides is 1. The van der Waals surface area contributed by atoms with Crippen molar-refractivity contribution in [3.8, 4) is 0 Å². The van der Waals surface area contributed by atoms with Gasteiger partial charge in [-0.1, -0.05) is 11.6 Å². The van der Waals surface area contributed by atoms with Crippen LogP contribution in [0.3, 0.4) is 0 Å². The van der Waals surface area contributed by atoms with Gasteiger partial charge < -0.3 is 10.6 Å². The first-order valence-corrected chi connectivity index (χ1v) is 10.4. The molecule has 2 aromatic rings. The van der Waals surface area contributed by atoms with Crippen LogP contribution in [0.25, 0.3) is 0 Å². The van der Waals surface area contributed by atoms with Crippen molar-refractivity contribution in [3.63, 3.8) is 0 Å². The number of rotatable bonds is 6. The summed E-state index contributed by atoms with van der Waals surface area (Å²) < 4.78 is 26.5. The Morgan fingerprint density at radius 1 is 1.27 bits per heavy atom. The maximum Gasteiger partial charge on any atom is 0.248 e. The van der Waals surface area contributed by atoms with E-state index >= 15 is 0 Å². The molecule has 26 heavy (non-hydrogen) atoms. The van der Waals surface area contributed by atoms with Gasteiger partial charge in [0, 0.05) is 24.0 Å². The molecule has 2 heterocycles. The molecular formula is C17H21ClN4O3S. The number of aromatic nitrogens is 2. The highest BCUT2D eigenvalue weighted by Gasteiger charge is 2.41. The summed E-state index contributed by atoms with van der Waals surface area (Å²) in [5.74, 6) is -0.373. The normalized spacial score (nSPS) is 17.0. The monoisotopic (exact) mass is 396 g/mol. The number of hydrogen-bond donors (Lipinski definition) is 2. The topological polar surface area (TPSA) is 93.1 Å². The molecule has 3 rings (SSSR count). The fourth-order valence-corrected chi connectivity index (χ4v) is 4.43. The zero-order valence-electron chi connectivity index (χ0n) is 14.2. The molecule has 1 aliphatic heterocycles. The molecule has 1 saturated heterocycles. The molecule has 0 radical (unpaired) electrons. The first-order valence-electron chi connectivity index (χ1n) is 8.42. The summed E-state index contributed by atoms with van der Waals surface area (Å²) in [6.07, 6.45) is 4.62. The van der Waals surface area contributed by atoms with Gasteiger partial charge in [-0.25, -0.2) is 8.42 Å². The number of benzene rings is 1. The van der Waals surface area contributed by atoms with E-state index in [0.29, 0.717) is 31.0 Å². The second-order valence-electron chi connectivity index (χ2n) is 6.26. The van der Waals surface area contributed by atoms with Crippen molar-refractivity contribution in [2.75, 3.05) is 25.4 Å². The molecule has 0 atom stereocenters. The zero-order valence-corrected chi connectivity index (χ0v) is 15.8. The summed E-state index contributed by atoms with van der Waals surface area (Å²) in [5, 5.41) is 10.7. The number of hydrogen-bond acceptors (Lipinski definition) is 5. The number of carbonyl (C=O) groups excluding carboxylic acids is 1. The van der Waals surface area contributed by atoms with Gasteiger partial charge in [-0.3, -0.25) is 9.48 Å². The Balaban J connectivity index is 1.66. The van der Waals surface area contributed by atoms with E-state index in [-0.39, 0.29) is 23.1 Å². The Morgan fingerprint density at radius 3 is 2.58 bits per heavy atom. The van der Waals surface area contributed by atoms with Gasteiger partial charge in [0.05, 0.1) is 10.6 Å². The Labute approximate surface area is 157 Å². The molecule has 0 saturated carbocycles. The third kappa shape index (κ3) is 3.92. The SMILES string of the molecule is O=C(NCCS(=O)(=O)c1ccc(Cl)cc1)C1(n2cccn2)CCNCC1. The summed E-state index contributed by atoms with van der Waals surface area (Å²) in [5.41, 5.74) is -0.779. The van der Waals surface area contributed by atoms with Gasteiger partial charge >= 0.3 is 0 Å². The first-order chi connectivity index (χ1) is 12.4. The van der Waals surface area contributed by atoms with Gasteiger partial charge in [-0.15, -0.1) is 0 Å². The van der Waals surface area contributed by atoms with Crippen LogP contribution in [0, 0.1) is 0 Å². The Hall–Kier alpha value is -1.90. The van der Waals surface area contributed by atoms with Crippen LogP contribution in [0.4, 0.5) is 0 Å². The smallest absolute Gasteiger partial charge is 0.248 e. The number of halogens is 1. The largest absolute Gasteiger partial charge is 0.353 e. The van der Waals surface area contributed by atoms with E-state index in [0.717, 1.165) is 0 Å². The molecule has 1 fully saturated rings. The minimum atomic E-state index is -3.49. The average molecular weight is 397 g/mol. The molecule has 7 nitrogen and oxygen atoms in total. The van der Waals surface area contributed by atoms with Crippen LogP contribution >= 0.6 is 11.6 Å². The van der Waals surface area contributed by atoms with E-state index in [4.69, 9.17) is 11.6 Å². The van der Waals surface area contributed by atoms with Crippen LogP contribution in [0.15, 0.2) is 47.6 Å². The van der Waals surface area contributed by atoms with Crippen molar-refractivity contribution < 1.29 is 13.2 Å². The minimum Gasteiger partial charge on any atom is -0.353 e. The number of piperidine rings is 1. The predicted molar refractivity (Wildman–Crippen MR) is 98.8 cm³/mol. The van der Waals surface area contributed by atoms with Gasteiger partial charge in [0.25, 0.3) is 0 Å². The molecule has 9 heteroatoms. The first kappa shape index (κ1) is 18.9. The van der Waals surface area contributed by atoms with E-state index in [1.165, 1.54) is 24.3 Å². The van der Waals surface area contributed by atoms with Crippen LogP contribution < -0.4 is 10.6 Å². The Kier molecular flexibility index (Phi) is 5.64. The van der Waals surface area contributed by atoms with Crippen molar-refractivity contribution in [1.29, 1.82) is 0 Å². The fourth-order valence-electron chi connectivity index (χ4n) is 3.15. The Bertz CT molecular complexity index is 845. The van der Waals surface area contributed by atoms with Gasteiger partial charge in [-0.05, 0) is 56.3 Å². The van der Waals surface area contributed by atoms with Crippen molar-refractivity contribution >= 4 is 27.3 Å². The maximum atomic E-state index is 12.9. The lowest BCUT2D eigenvalue weighted by Crippen LogP contribution is -2.55. The van der Waals surface area contributed by atoms with E-state index in [9.17, 15) is 13.2 Å². The lowest BCUT2D eigenvalue weighted by atomic mass is 9.87. The van der Waals surface area contributed by atoms with E-state index in [2.05, 4.69) is 15.7 Å². The second kappa shape index (κ2) is 7.77. The lowest BCUT2D eigenvalue weighted by Gasteiger charge is -2.36. The quantitative estimate of drug-likeness (QED) is 0.765. The maximum absolute atomic E-state index is 12.9. The minimum absolute atomic E-state index is 0.0419. The highest BCUT2D eigenvalue weighted by atomic mass is 35.5. The fraction of sp³-hybridized carbons (Fsp3) is 0.412. The number of nitrogens with one attached hydrogen (secondary N) is 2. The molecule has 1 aromatic heterocycles. The summed E-state index contributed by atoms with van der Waals surface area (Å²) in [4.78, 5) is 13.1.